The lowest BCUT2D eigenvalue weighted by atomic mass is 9.86. The summed E-state index contributed by atoms with van der Waals surface area (Å²) in [4.78, 5) is 4.53. The number of aromatic nitrogens is 2. The molecule has 1 aromatic heterocycles. The largest absolute Gasteiger partial charge is 0.516 e. The summed E-state index contributed by atoms with van der Waals surface area (Å²) in [6.45, 7) is 7.98. The molecule has 0 unspecified atom stereocenters. The molecule has 1 saturated heterocycles. The van der Waals surface area contributed by atoms with Crippen LogP contribution in [-0.2, 0) is 16.4 Å². The molecule has 0 bridgehead atoms. The molecular formula is C16H20BFN2O2. The van der Waals surface area contributed by atoms with Gasteiger partial charge in [0.15, 0.2) is 0 Å². The van der Waals surface area contributed by atoms with Crippen molar-refractivity contribution in [3.8, 4) is 11.4 Å². The smallest absolute Gasteiger partial charge is 0.398 e. The summed E-state index contributed by atoms with van der Waals surface area (Å²) < 4.78 is 27.7. The van der Waals surface area contributed by atoms with Crippen LogP contribution in [0.5, 0.6) is 0 Å². The number of aryl methyl sites for hydroxylation is 1. The van der Waals surface area contributed by atoms with Crippen LogP contribution in [-0.4, -0.2) is 27.9 Å². The van der Waals surface area contributed by atoms with Gasteiger partial charge in [-0.1, -0.05) is 12.1 Å². The van der Waals surface area contributed by atoms with Crippen LogP contribution < -0.4 is 5.59 Å². The molecule has 1 aliphatic heterocycles. The first-order chi connectivity index (χ1) is 10.2. The van der Waals surface area contributed by atoms with Gasteiger partial charge in [-0.05, 0) is 39.8 Å². The maximum Gasteiger partial charge on any atom is 0.516 e. The van der Waals surface area contributed by atoms with Gasteiger partial charge in [-0.25, -0.2) is 9.37 Å². The zero-order valence-corrected chi connectivity index (χ0v) is 13.6. The molecule has 0 aliphatic carbocycles. The van der Waals surface area contributed by atoms with Gasteiger partial charge in [-0.15, -0.1) is 0 Å². The van der Waals surface area contributed by atoms with Gasteiger partial charge >= 0.3 is 7.12 Å². The number of halogens is 1. The molecule has 0 radical (unpaired) electrons. The molecule has 22 heavy (non-hydrogen) atoms. The van der Waals surface area contributed by atoms with E-state index in [0.29, 0.717) is 17.0 Å². The van der Waals surface area contributed by atoms with E-state index in [-0.39, 0.29) is 5.82 Å². The monoisotopic (exact) mass is 302 g/mol. The zero-order chi connectivity index (χ0) is 16.1. The highest BCUT2D eigenvalue weighted by atomic mass is 19.1. The average Bonchev–Trinajstić information content (AvgIpc) is 2.89. The molecular weight excluding hydrogens is 282 g/mol. The number of nitrogens with zero attached hydrogens (tertiary/aromatic N) is 2. The number of hydrogen-bond donors (Lipinski definition) is 0. The van der Waals surface area contributed by atoms with Crippen molar-refractivity contribution >= 4 is 12.7 Å². The fraction of sp³-hybridized carbons (Fsp3) is 0.438. The second-order valence-electron chi connectivity index (χ2n) is 6.67. The molecule has 1 aliphatic rings. The lowest BCUT2D eigenvalue weighted by Gasteiger charge is -2.32. The first kappa shape index (κ1) is 15.2. The predicted octanol–water partition coefficient (Wildman–Crippen LogP) is 2.53. The highest BCUT2D eigenvalue weighted by Crippen LogP contribution is 2.36. The van der Waals surface area contributed by atoms with Crippen molar-refractivity contribution in [3.63, 3.8) is 0 Å². The van der Waals surface area contributed by atoms with Crippen LogP contribution in [0.3, 0.4) is 0 Å². The van der Waals surface area contributed by atoms with E-state index in [9.17, 15) is 4.39 Å². The Morgan fingerprint density at radius 1 is 1.09 bits per heavy atom. The zero-order valence-electron chi connectivity index (χ0n) is 13.6. The highest BCUT2D eigenvalue weighted by Gasteiger charge is 2.52. The van der Waals surface area contributed by atoms with Crippen LogP contribution in [0.2, 0.25) is 0 Å². The van der Waals surface area contributed by atoms with Crippen molar-refractivity contribution < 1.29 is 13.7 Å². The second-order valence-corrected chi connectivity index (χ2v) is 6.67. The molecule has 0 atom stereocenters. The first-order valence-electron chi connectivity index (χ1n) is 7.35. The van der Waals surface area contributed by atoms with Crippen LogP contribution in [0.15, 0.2) is 30.5 Å². The van der Waals surface area contributed by atoms with Crippen molar-refractivity contribution in [2.24, 2.45) is 7.05 Å². The van der Waals surface area contributed by atoms with E-state index in [2.05, 4.69) is 4.98 Å². The van der Waals surface area contributed by atoms with E-state index in [0.717, 1.165) is 0 Å². The Hall–Kier alpha value is -1.66. The van der Waals surface area contributed by atoms with Crippen LogP contribution in [0.1, 0.15) is 27.7 Å². The van der Waals surface area contributed by atoms with Gasteiger partial charge in [0, 0.05) is 13.2 Å². The summed E-state index contributed by atoms with van der Waals surface area (Å²) in [5, 5.41) is 0. The Kier molecular flexibility index (Phi) is 3.42. The minimum absolute atomic E-state index is 0.295. The standard InChI is InChI=1S/C16H20BFN2O2/c1-15(2)16(3,4)22-17(21-15)13-10-20(5)14(19-13)11-8-6-7-9-12(11)18/h6-10H,1-5H3. The Bertz CT molecular complexity index is 696. The molecule has 0 spiro atoms. The van der Waals surface area contributed by atoms with Gasteiger partial charge in [-0.2, -0.15) is 0 Å². The van der Waals surface area contributed by atoms with Gasteiger partial charge in [0.05, 0.1) is 22.4 Å². The maximum absolute atomic E-state index is 14.0. The third-order valence-corrected chi connectivity index (χ3v) is 4.50. The lowest BCUT2D eigenvalue weighted by molar-refractivity contribution is 0.00578. The minimum atomic E-state index is -0.545. The average molecular weight is 302 g/mol. The summed E-state index contributed by atoms with van der Waals surface area (Å²) in [6.07, 6.45) is 1.82. The molecule has 1 aromatic carbocycles. The van der Waals surface area contributed by atoms with Gasteiger partial charge in [0.2, 0.25) is 0 Å². The first-order valence-corrected chi connectivity index (χ1v) is 7.35. The SMILES string of the molecule is Cn1cc(B2OC(C)(C)C(C)(C)O2)nc1-c1ccccc1F. The van der Waals surface area contributed by atoms with E-state index in [4.69, 9.17) is 9.31 Å². The number of benzene rings is 1. The molecule has 2 heterocycles. The molecule has 0 N–H and O–H groups in total. The third kappa shape index (κ3) is 2.36. The summed E-state index contributed by atoms with van der Waals surface area (Å²) in [5.74, 6) is 0.263. The van der Waals surface area contributed by atoms with E-state index < -0.39 is 18.3 Å². The molecule has 2 aromatic rings. The van der Waals surface area contributed by atoms with Gasteiger partial charge in [0.1, 0.15) is 11.6 Å². The summed E-state index contributed by atoms with van der Waals surface area (Å²) in [6, 6.07) is 6.60. The Balaban J connectivity index is 1.96. The van der Waals surface area contributed by atoms with Crippen molar-refractivity contribution in [1.82, 2.24) is 9.55 Å². The Morgan fingerprint density at radius 2 is 1.68 bits per heavy atom. The highest BCUT2D eigenvalue weighted by molar-refractivity contribution is 6.61. The topological polar surface area (TPSA) is 36.3 Å². The molecule has 4 nitrogen and oxygen atoms in total. The molecule has 3 rings (SSSR count). The summed E-state index contributed by atoms with van der Waals surface area (Å²) in [5.41, 5.74) is 0.271. The van der Waals surface area contributed by atoms with Gasteiger partial charge in [0.25, 0.3) is 0 Å². The van der Waals surface area contributed by atoms with E-state index in [1.165, 1.54) is 6.07 Å². The number of imidazole rings is 1. The van der Waals surface area contributed by atoms with Crippen molar-refractivity contribution in [2.75, 3.05) is 0 Å². The minimum Gasteiger partial charge on any atom is -0.398 e. The van der Waals surface area contributed by atoms with Crippen molar-refractivity contribution in [3.05, 3.63) is 36.3 Å². The lowest BCUT2D eigenvalue weighted by Crippen LogP contribution is -2.41. The number of hydrogen-bond acceptors (Lipinski definition) is 3. The molecule has 0 amide bonds. The fourth-order valence-corrected chi connectivity index (χ4v) is 2.46. The third-order valence-electron chi connectivity index (χ3n) is 4.50. The van der Waals surface area contributed by atoms with Gasteiger partial charge < -0.3 is 13.9 Å². The second kappa shape index (κ2) is 4.93. The molecule has 6 heteroatoms. The van der Waals surface area contributed by atoms with Crippen LogP contribution in [0.4, 0.5) is 4.39 Å². The van der Waals surface area contributed by atoms with E-state index in [1.807, 2.05) is 40.9 Å². The van der Waals surface area contributed by atoms with Crippen LogP contribution >= 0.6 is 0 Å². The normalized spacial score (nSPS) is 19.6. The number of rotatable bonds is 2. The molecule has 1 fully saturated rings. The van der Waals surface area contributed by atoms with Gasteiger partial charge in [-0.3, -0.25) is 0 Å². The van der Waals surface area contributed by atoms with E-state index in [1.54, 1.807) is 22.8 Å². The Labute approximate surface area is 130 Å². The maximum atomic E-state index is 14.0. The van der Waals surface area contributed by atoms with Crippen LogP contribution in [0, 0.1) is 5.82 Å². The summed E-state index contributed by atoms with van der Waals surface area (Å²) >= 11 is 0. The quantitative estimate of drug-likeness (QED) is 0.800. The van der Waals surface area contributed by atoms with E-state index >= 15 is 0 Å². The van der Waals surface area contributed by atoms with Crippen LogP contribution in [0.25, 0.3) is 11.4 Å². The molecule has 0 saturated carbocycles. The predicted molar refractivity (Wildman–Crippen MR) is 84.3 cm³/mol. The summed E-state index contributed by atoms with van der Waals surface area (Å²) in [7, 11) is 1.29. The van der Waals surface area contributed by atoms with Crippen molar-refractivity contribution in [2.45, 2.75) is 38.9 Å². The fourth-order valence-electron chi connectivity index (χ4n) is 2.46. The Morgan fingerprint density at radius 3 is 2.27 bits per heavy atom. The molecule has 116 valence electrons. The van der Waals surface area contributed by atoms with Crippen molar-refractivity contribution in [1.29, 1.82) is 0 Å².